The second-order valence-electron chi connectivity index (χ2n) is 10.1. The summed E-state index contributed by atoms with van der Waals surface area (Å²) in [4.78, 5) is 19.0. The molecule has 1 N–H and O–H groups in total. The van der Waals surface area contributed by atoms with E-state index in [4.69, 9.17) is 9.47 Å². The van der Waals surface area contributed by atoms with Crippen LogP contribution < -0.4 is 15.0 Å². The zero-order valence-corrected chi connectivity index (χ0v) is 19.7. The molecule has 3 aliphatic rings. The van der Waals surface area contributed by atoms with Gasteiger partial charge in [0.2, 0.25) is 0 Å². The lowest BCUT2D eigenvalue weighted by Crippen LogP contribution is -2.41. The number of hydrogen-bond donors (Lipinski definition) is 1. The maximum absolute atomic E-state index is 13.5. The van der Waals surface area contributed by atoms with Crippen molar-refractivity contribution >= 4 is 10.9 Å². The molecule has 1 saturated heterocycles. The highest BCUT2D eigenvalue weighted by Gasteiger charge is 2.34. The van der Waals surface area contributed by atoms with Gasteiger partial charge in [0.1, 0.15) is 19.3 Å². The fourth-order valence-electron chi connectivity index (χ4n) is 5.89. The Balaban J connectivity index is 1.48. The molecule has 2 fully saturated rings. The molecular formula is C25H32N6O3. The van der Waals surface area contributed by atoms with Gasteiger partial charge in [0.25, 0.3) is 5.56 Å². The first-order chi connectivity index (χ1) is 16.7. The summed E-state index contributed by atoms with van der Waals surface area (Å²) in [5.41, 5.74) is 1.33. The van der Waals surface area contributed by atoms with Crippen LogP contribution in [0.2, 0.25) is 0 Å². The smallest absolute Gasteiger partial charge is 0.253 e. The van der Waals surface area contributed by atoms with Crippen LogP contribution in [0.4, 0.5) is 0 Å². The van der Waals surface area contributed by atoms with Crippen LogP contribution in [0.1, 0.15) is 75.3 Å². The molecular weight excluding hydrogens is 432 g/mol. The normalized spacial score (nSPS) is 22.7. The van der Waals surface area contributed by atoms with E-state index in [2.05, 4.69) is 32.3 Å². The van der Waals surface area contributed by atoms with Crippen molar-refractivity contribution in [3.63, 3.8) is 0 Å². The predicted molar refractivity (Wildman–Crippen MR) is 127 cm³/mol. The topological polar surface area (TPSA) is 98.2 Å². The highest BCUT2D eigenvalue weighted by molar-refractivity contribution is 5.83. The van der Waals surface area contributed by atoms with E-state index < -0.39 is 0 Å². The van der Waals surface area contributed by atoms with Crippen LogP contribution in [0.5, 0.6) is 11.5 Å². The third-order valence-corrected chi connectivity index (χ3v) is 7.57. The highest BCUT2D eigenvalue weighted by atomic mass is 16.6. The summed E-state index contributed by atoms with van der Waals surface area (Å²) in [5, 5.41) is 14.0. The van der Waals surface area contributed by atoms with Gasteiger partial charge in [0.15, 0.2) is 17.3 Å². The molecule has 0 unspecified atom stereocenters. The molecule has 2 aliphatic heterocycles. The first-order valence-corrected chi connectivity index (χ1v) is 12.7. The van der Waals surface area contributed by atoms with Crippen molar-refractivity contribution in [2.24, 2.45) is 5.92 Å². The number of piperidine rings is 1. The molecule has 0 radical (unpaired) electrons. The Kier molecular flexibility index (Phi) is 5.72. The van der Waals surface area contributed by atoms with Gasteiger partial charge in [-0.3, -0.25) is 9.69 Å². The Labute approximate surface area is 198 Å². The minimum absolute atomic E-state index is 0.106. The lowest BCUT2D eigenvalue weighted by Gasteiger charge is -2.37. The monoisotopic (exact) mass is 464 g/mol. The van der Waals surface area contributed by atoms with Crippen molar-refractivity contribution in [2.45, 2.75) is 64.0 Å². The van der Waals surface area contributed by atoms with Crippen molar-refractivity contribution in [3.05, 3.63) is 39.9 Å². The first-order valence-electron chi connectivity index (χ1n) is 12.7. The molecule has 1 aromatic carbocycles. The number of H-pyrrole nitrogens is 1. The number of ether oxygens (including phenoxy) is 2. The molecule has 0 bridgehead atoms. The lowest BCUT2D eigenvalue weighted by molar-refractivity contribution is 0.138. The Bertz CT molecular complexity index is 1230. The van der Waals surface area contributed by atoms with Crippen LogP contribution >= 0.6 is 0 Å². The third kappa shape index (κ3) is 3.96. The van der Waals surface area contributed by atoms with Crippen LogP contribution in [0.15, 0.2) is 23.0 Å². The molecule has 1 aliphatic carbocycles. The summed E-state index contributed by atoms with van der Waals surface area (Å²) in [6.45, 7) is 5.16. The molecule has 2 atom stereocenters. The van der Waals surface area contributed by atoms with Gasteiger partial charge >= 0.3 is 0 Å². The third-order valence-electron chi connectivity index (χ3n) is 7.57. The van der Waals surface area contributed by atoms with Crippen molar-refractivity contribution < 1.29 is 9.47 Å². The van der Waals surface area contributed by atoms with E-state index in [9.17, 15) is 4.79 Å². The van der Waals surface area contributed by atoms with Crippen LogP contribution in [0.3, 0.4) is 0 Å². The predicted octanol–water partition coefficient (Wildman–Crippen LogP) is 3.61. The number of likely N-dealkylation sites (tertiary alicyclic amines) is 1. The molecule has 3 aromatic rings. The quantitative estimate of drug-likeness (QED) is 0.630. The number of nitrogens with zero attached hydrogens (tertiary/aromatic N) is 5. The average molecular weight is 465 g/mol. The van der Waals surface area contributed by atoms with Crippen molar-refractivity contribution in [2.75, 3.05) is 26.3 Å². The summed E-state index contributed by atoms with van der Waals surface area (Å²) < 4.78 is 13.5. The molecule has 9 heteroatoms. The average Bonchev–Trinajstić information content (AvgIpc) is 3.33. The minimum atomic E-state index is -0.291. The first kappa shape index (κ1) is 21.6. The fraction of sp³-hybridized carbons (Fsp3) is 0.600. The SMILES string of the molecule is C[C@H]1CCCN([C@@H](c2cc3cc4c(cc3[nH]c2=O)OCCO4)c2nnnn2C2CCCCC2)C1. The molecule has 2 aromatic heterocycles. The zero-order valence-electron chi connectivity index (χ0n) is 19.7. The molecule has 1 saturated carbocycles. The van der Waals surface area contributed by atoms with E-state index in [1.165, 1.54) is 25.7 Å². The van der Waals surface area contributed by atoms with Gasteiger partial charge in [0, 0.05) is 23.6 Å². The Morgan fingerprint density at radius 1 is 1.03 bits per heavy atom. The molecule has 6 rings (SSSR count). The number of pyridine rings is 1. The molecule has 9 nitrogen and oxygen atoms in total. The molecule has 180 valence electrons. The number of benzene rings is 1. The Morgan fingerprint density at radius 3 is 2.62 bits per heavy atom. The number of fused-ring (bicyclic) bond motifs is 2. The van der Waals surface area contributed by atoms with Gasteiger partial charge in [-0.1, -0.05) is 26.2 Å². The maximum atomic E-state index is 13.5. The fourth-order valence-corrected chi connectivity index (χ4v) is 5.89. The number of aromatic amines is 1. The van der Waals surface area contributed by atoms with Gasteiger partial charge in [0.05, 0.1) is 11.6 Å². The number of nitrogens with one attached hydrogen (secondary N) is 1. The zero-order chi connectivity index (χ0) is 23.1. The van der Waals surface area contributed by atoms with E-state index in [-0.39, 0.29) is 11.6 Å². The van der Waals surface area contributed by atoms with Crippen molar-refractivity contribution in [3.8, 4) is 11.5 Å². The molecule has 0 amide bonds. The highest BCUT2D eigenvalue weighted by Crippen LogP contribution is 2.37. The number of aromatic nitrogens is 5. The van der Waals surface area contributed by atoms with E-state index in [0.29, 0.717) is 42.2 Å². The second kappa shape index (κ2) is 9.02. The standard InChI is InChI=1S/C25H32N6O3/c1-16-6-5-9-30(15-16)23(24-27-28-29-31(24)18-7-3-2-4-8-18)19-12-17-13-21-22(34-11-10-33-21)14-20(17)26-25(19)32/h12-14,16,18,23H,2-11,15H2,1H3,(H,26,32)/t16-,23-/m0/s1. The van der Waals surface area contributed by atoms with Gasteiger partial charge in [-0.05, 0) is 60.7 Å². The summed E-state index contributed by atoms with van der Waals surface area (Å²) in [6.07, 6.45) is 8.12. The summed E-state index contributed by atoms with van der Waals surface area (Å²) in [7, 11) is 0. The molecule has 4 heterocycles. The van der Waals surface area contributed by atoms with Crippen molar-refractivity contribution in [1.29, 1.82) is 0 Å². The summed E-state index contributed by atoms with van der Waals surface area (Å²) >= 11 is 0. The van der Waals surface area contributed by atoms with Crippen LogP contribution in [0, 0.1) is 5.92 Å². The second-order valence-corrected chi connectivity index (χ2v) is 10.1. The van der Waals surface area contributed by atoms with E-state index in [1.807, 2.05) is 22.9 Å². The lowest BCUT2D eigenvalue weighted by atomic mass is 9.93. The van der Waals surface area contributed by atoms with E-state index >= 15 is 0 Å². The van der Waals surface area contributed by atoms with Gasteiger partial charge < -0.3 is 14.5 Å². The van der Waals surface area contributed by atoms with Crippen LogP contribution in [-0.2, 0) is 0 Å². The minimum Gasteiger partial charge on any atom is -0.486 e. The maximum Gasteiger partial charge on any atom is 0.253 e. The van der Waals surface area contributed by atoms with E-state index in [0.717, 1.165) is 49.1 Å². The van der Waals surface area contributed by atoms with Gasteiger partial charge in [-0.15, -0.1) is 5.10 Å². The number of tetrazole rings is 1. The van der Waals surface area contributed by atoms with Crippen molar-refractivity contribution in [1.82, 2.24) is 30.1 Å². The van der Waals surface area contributed by atoms with Gasteiger partial charge in [-0.25, -0.2) is 4.68 Å². The summed E-state index contributed by atoms with van der Waals surface area (Å²) in [5.74, 6) is 2.73. The Hall–Kier alpha value is -2.94. The largest absolute Gasteiger partial charge is 0.486 e. The van der Waals surface area contributed by atoms with Crippen LogP contribution in [-0.4, -0.2) is 56.4 Å². The van der Waals surface area contributed by atoms with Gasteiger partial charge in [-0.2, -0.15) is 0 Å². The molecule has 34 heavy (non-hydrogen) atoms. The Morgan fingerprint density at radius 2 is 1.82 bits per heavy atom. The van der Waals surface area contributed by atoms with E-state index in [1.54, 1.807) is 0 Å². The number of hydrogen-bond acceptors (Lipinski definition) is 7. The number of rotatable bonds is 4. The molecule has 0 spiro atoms. The van der Waals surface area contributed by atoms with Crippen LogP contribution in [0.25, 0.3) is 10.9 Å². The summed E-state index contributed by atoms with van der Waals surface area (Å²) in [6, 6.07) is 5.82.